The number of ether oxygens (including phenoxy) is 1. The smallest absolute Gasteiger partial charge is 0.355 e. The molecule has 1 N–H and O–H groups in total. The fourth-order valence-electron chi connectivity index (χ4n) is 5.28. The Bertz CT molecular complexity index is 1820. The molecule has 0 radical (unpaired) electrons. The van der Waals surface area contributed by atoms with Crippen LogP contribution in [0.15, 0.2) is 89.1 Å². The van der Waals surface area contributed by atoms with Crippen LogP contribution in [0.5, 0.6) is 5.75 Å². The van der Waals surface area contributed by atoms with Gasteiger partial charge in [-0.15, -0.1) is 21.5 Å². The van der Waals surface area contributed by atoms with Crippen LogP contribution in [0.25, 0.3) is 15.8 Å². The van der Waals surface area contributed by atoms with Crippen LogP contribution in [0.3, 0.4) is 0 Å². The molecule has 0 fully saturated rings. The highest BCUT2D eigenvalue weighted by Crippen LogP contribution is 2.35. The van der Waals surface area contributed by atoms with Crippen LogP contribution < -0.4 is 10.2 Å². The van der Waals surface area contributed by atoms with Crippen LogP contribution >= 0.6 is 34.7 Å². The molecule has 0 aliphatic rings. The number of hydrogen-bond donors (Lipinski definition) is 1. The number of hydrogen-bond acceptors (Lipinski definition) is 8. The number of thiophene rings is 1. The SMILES string of the molecule is CCCCCCCCCCCc1nnc(SCC(=O)NN=Cc2cccc(OC(=O)c3sc4ccccc4c3Cl)c2)n1-c1ccccc1. The molecule has 0 aliphatic heterocycles. The largest absolute Gasteiger partial charge is 0.422 e. The van der Waals surface area contributed by atoms with Gasteiger partial charge in [-0.05, 0) is 42.3 Å². The van der Waals surface area contributed by atoms with Crippen LogP contribution in [0.4, 0.5) is 0 Å². The number of carbonyl (C=O) groups is 2. The lowest BCUT2D eigenvalue weighted by molar-refractivity contribution is -0.118. The summed E-state index contributed by atoms with van der Waals surface area (Å²) in [4.78, 5) is 25.9. The molecular formula is C37H40ClN5O3S2. The van der Waals surface area contributed by atoms with E-state index in [0.29, 0.717) is 26.4 Å². The molecule has 0 atom stereocenters. The van der Waals surface area contributed by atoms with Crippen molar-refractivity contribution in [2.24, 2.45) is 5.10 Å². The maximum atomic E-state index is 12.9. The number of unbranched alkanes of at least 4 members (excludes halogenated alkanes) is 8. The maximum absolute atomic E-state index is 12.9. The molecule has 0 spiro atoms. The third-order valence-electron chi connectivity index (χ3n) is 7.74. The zero-order valence-electron chi connectivity index (χ0n) is 27.1. The minimum atomic E-state index is -0.528. The summed E-state index contributed by atoms with van der Waals surface area (Å²) < 4.78 is 8.56. The van der Waals surface area contributed by atoms with Gasteiger partial charge in [-0.2, -0.15) is 5.10 Å². The average molecular weight is 702 g/mol. The summed E-state index contributed by atoms with van der Waals surface area (Å²) >= 11 is 9.05. The quantitative estimate of drug-likeness (QED) is 0.0244. The Hall–Kier alpha value is -3.99. The number of nitrogens with zero attached hydrogens (tertiary/aromatic N) is 4. The summed E-state index contributed by atoms with van der Waals surface area (Å²) in [6, 6.07) is 24.5. The fraction of sp³-hybridized carbons (Fsp3) is 0.324. The summed E-state index contributed by atoms with van der Waals surface area (Å²) in [5.41, 5.74) is 4.20. The summed E-state index contributed by atoms with van der Waals surface area (Å²) in [7, 11) is 0. The van der Waals surface area contributed by atoms with E-state index in [1.54, 1.807) is 24.3 Å². The molecule has 5 aromatic rings. The molecular weight excluding hydrogens is 662 g/mol. The molecule has 11 heteroatoms. The first-order valence-electron chi connectivity index (χ1n) is 16.5. The zero-order chi connectivity index (χ0) is 33.6. The predicted octanol–water partition coefficient (Wildman–Crippen LogP) is 9.67. The first-order valence-corrected chi connectivity index (χ1v) is 18.6. The van der Waals surface area contributed by atoms with Crippen LogP contribution in [0, 0.1) is 0 Å². The van der Waals surface area contributed by atoms with E-state index in [1.807, 2.05) is 59.2 Å². The van der Waals surface area contributed by atoms with E-state index < -0.39 is 5.97 Å². The third-order valence-corrected chi connectivity index (χ3v) is 10.3. The number of aromatic nitrogens is 3. The second-order valence-electron chi connectivity index (χ2n) is 11.4. The number of benzene rings is 3. The monoisotopic (exact) mass is 701 g/mol. The number of rotatable bonds is 18. The van der Waals surface area contributed by atoms with Crippen molar-refractivity contribution in [1.29, 1.82) is 0 Å². The molecule has 0 saturated carbocycles. The van der Waals surface area contributed by atoms with Crippen molar-refractivity contribution in [1.82, 2.24) is 20.2 Å². The van der Waals surface area contributed by atoms with Crippen LogP contribution in [-0.2, 0) is 11.2 Å². The van der Waals surface area contributed by atoms with Crippen molar-refractivity contribution in [2.45, 2.75) is 76.3 Å². The fourth-order valence-corrected chi connectivity index (χ4v) is 7.43. The molecule has 5 rings (SSSR count). The number of hydrazone groups is 1. The van der Waals surface area contributed by atoms with E-state index in [9.17, 15) is 9.59 Å². The lowest BCUT2D eigenvalue weighted by atomic mass is 10.1. The second-order valence-corrected chi connectivity index (χ2v) is 13.8. The zero-order valence-corrected chi connectivity index (χ0v) is 29.5. The summed E-state index contributed by atoms with van der Waals surface area (Å²) in [5.74, 6) is 0.563. The highest BCUT2D eigenvalue weighted by molar-refractivity contribution is 7.99. The molecule has 2 aromatic heterocycles. The van der Waals surface area contributed by atoms with Gasteiger partial charge in [-0.3, -0.25) is 9.36 Å². The van der Waals surface area contributed by atoms with Gasteiger partial charge >= 0.3 is 5.97 Å². The number of para-hydroxylation sites is 1. The number of amides is 1. The van der Waals surface area contributed by atoms with Gasteiger partial charge in [-0.25, -0.2) is 10.2 Å². The first-order chi connectivity index (χ1) is 23.5. The normalized spacial score (nSPS) is 11.4. The van der Waals surface area contributed by atoms with Gasteiger partial charge in [0.15, 0.2) is 5.16 Å². The molecule has 0 bridgehead atoms. The highest BCUT2D eigenvalue weighted by Gasteiger charge is 2.19. The number of esters is 1. The molecule has 0 unspecified atom stereocenters. The van der Waals surface area contributed by atoms with Gasteiger partial charge in [0.2, 0.25) is 0 Å². The Morgan fingerprint density at radius 3 is 2.42 bits per heavy atom. The Morgan fingerprint density at radius 2 is 1.65 bits per heavy atom. The van der Waals surface area contributed by atoms with Gasteiger partial charge in [0.1, 0.15) is 16.5 Å². The lowest BCUT2D eigenvalue weighted by Crippen LogP contribution is -2.20. The maximum Gasteiger partial charge on any atom is 0.355 e. The van der Waals surface area contributed by atoms with Crippen LogP contribution in [0.2, 0.25) is 5.02 Å². The van der Waals surface area contributed by atoms with E-state index in [4.69, 9.17) is 16.3 Å². The number of aryl methyl sites for hydroxylation is 1. The number of thioether (sulfide) groups is 1. The molecule has 8 nitrogen and oxygen atoms in total. The lowest BCUT2D eigenvalue weighted by Gasteiger charge is -2.10. The van der Waals surface area contributed by atoms with E-state index >= 15 is 0 Å². The van der Waals surface area contributed by atoms with E-state index in [2.05, 4.69) is 27.6 Å². The second kappa shape index (κ2) is 18.5. The topological polar surface area (TPSA) is 98.5 Å². The Balaban J connectivity index is 1.11. The van der Waals surface area contributed by atoms with Gasteiger partial charge in [0.25, 0.3) is 5.91 Å². The predicted molar refractivity (Wildman–Crippen MR) is 197 cm³/mol. The van der Waals surface area contributed by atoms with E-state index in [0.717, 1.165) is 34.4 Å². The molecule has 250 valence electrons. The number of carbonyl (C=O) groups excluding carboxylic acids is 2. The van der Waals surface area contributed by atoms with Gasteiger partial charge in [-0.1, -0.05) is 130 Å². The van der Waals surface area contributed by atoms with E-state index in [1.165, 1.54) is 80.7 Å². The molecule has 3 aromatic carbocycles. The van der Waals surface area contributed by atoms with Crippen molar-refractivity contribution < 1.29 is 14.3 Å². The minimum absolute atomic E-state index is 0.119. The average Bonchev–Trinajstić information content (AvgIpc) is 3.67. The number of nitrogens with one attached hydrogen (secondary N) is 1. The third kappa shape index (κ3) is 10.0. The van der Waals surface area contributed by atoms with Crippen LogP contribution in [-0.4, -0.2) is 38.6 Å². The van der Waals surface area contributed by atoms with Gasteiger partial charge in [0.05, 0.1) is 17.0 Å². The molecule has 48 heavy (non-hydrogen) atoms. The van der Waals surface area contributed by atoms with E-state index in [-0.39, 0.29) is 11.7 Å². The standard InChI is InChI=1S/C37H40ClN5O3S2/c1-2-3-4-5-6-7-8-9-13-23-32-40-42-37(43(32)28-18-11-10-12-19-28)47-26-33(44)41-39-25-27-17-16-20-29(24-27)46-36(45)35-34(38)30-21-14-15-22-31(30)48-35/h10-12,14-22,24-25H,2-9,13,23,26H2,1H3,(H,41,44). The Kier molecular flexibility index (Phi) is 13.6. The summed E-state index contributed by atoms with van der Waals surface area (Å²) in [5, 5.41) is 14.9. The summed E-state index contributed by atoms with van der Waals surface area (Å²) in [6.07, 6.45) is 13.7. The van der Waals surface area contributed by atoms with Gasteiger partial charge < -0.3 is 4.74 Å². The first kappa shape index (κ1) is 35.3. The Labute approximate surface area is 295 Å². The minimum Gasteiger partial charge on any atom is -0.422 e. The number of fused-ring (bicyclic) bond motifs is 1. The molecule has 2 heterocycles. The van der Waals surface area contributed by atoms with Crippen molar-refractivity contribution in [3.8, 4) is 11.4 Å². The van der Waals surface area contributed by atoms with Crippen molar-refractivity contribution in [2.75, 3.05) is 5.75 Å². The van der Waals surface area contributed by atoms with Crippen molar-refractivity contribution in [3.05, 3.63) is 100 Å². The summed E-state index contributed by atoms with van der Waals surface area (Å²) in [6.45, 7) is 2.25. The Morgan fingerprint density at radius 1 is 0.917 bits per heavy atom. The highest BCUT2D eigenvalue weighted by atomic mass is 35.5. The van der Waals surface area contributed by atoms with Crippen molar-refractivity contribution in [3.63, 3.8) is 0 Å². The van der Waals surface area contributed by atoms with Gasteiger partial charge in [0, 0.05) is 22.2 Å². The van der Waals surface area contributed by atoms with Crippen molar-refractivity contribution >= 4 is 62.9 Å². The molecule has 0 saturated heterocycles. The molecule has 0 aliphatic carbocycles. The van der Waals surface area contributed by atoms with Crippen LogP contribution in [0.1, 0.15) is 85.8 Å². The number of halogens is 1. The molecule has 1 amide bonds.